The number of aromatic amines is 2. The van der Waals surface area contributed by atoms with Crippen molar-refractivity contribution in [2.24, 2.45) is 4.99 Å². The standard InChI is InChI=1S/C52H35I2N5O/c1-31-38(53)29-36(52(60)51(31)54)30-55-37-19-17-35(18-20-37)50-45-27-25-43(58-45)48(33-13-7-3-8-14-33)41-23-21-39(56-41)47(32-11-5-2-6-12-32)40-22-24-42(57-40)49(34-15-9-4-10-16-34)44-26-28-46(50)59-44/h2-30,56,59-60H,1H3. The zero-order valence-corrected chi connectivity index (χ0v) is 36.6. The summed E-state index contributed by atoms with van der Waals surface area (Å²) >= 11 is 4.49. The number of fused-ring (bicyclic) bond motifs is 8. The molecule has 3 aromatic heterocycles. The summed E-state index contributed by atoms with van der Waals surface area (Å²) in [4.78, 5) is 23.2. The summed E-state index contributed by atoms with van der Waals surface area (Å²) in [7, 11) is 0. The van der Waals surface area contributed by atoms with Gasteiger partial charge in [-0.1, -0.05) is 103 Å². The van der Waals surface area contributed by atoms with Crippen molar-refractivity contribution >= 4 is 103 Å². The van der Waals surface area contributed by atoms with Gasteiger partial charge in [-0.2, -0.15) is 0 Å². The molecule has 10 rings (SSSR count). The Morgan fingerprint density at radius 3 is 1.25 bits per heavy atom. The molecular formula is C52H35I2N5O. The summed E-state index contributed by atoms with van der Waals surface area (Å²) in [6.07, 6.45) is 10.2. The van der Waals surface area contributed by atoms with Crippen LogP contribution in [0.3, 0.4) is 0 Å². The third-order valence-electron chi connectivity index (χ3n) is 10.9. The van der Waals surface area contributed by atoms with Crippen LogP contribution in [0.5, 0.6) is 5.75 Å². The molecule has 2 aliphatic heterocycles. The lowest BCUT2D eigenvalue weighted by Crippen LogP contribution is -1.92. The highest BCUT2D eigenvalue weighted by molar-refractivity contribution is 14.1. The van der Waals surface area contributed by atoms with Gasteiger partial charge in [0.05, 0.1) is 32.0 Å². The van der Waals surface area contributed by atoms with Gasteiger partial charge in [0.2, 0.25) is 0 Å². The van der Waals surface area contributed by atoms with E-state index in [0.717, 1.165) is 108 Å². The second kappa shape index (κ2) is 16.0. The van der Waals surface area contributed by atoms with Crippen LogP contribution in [0, 0.1) is 14.1 Å². The highest BCUT2D eigenvalue weighted by Crippen LogP contribution is 2.39. The van der Waals surface area contributed by atoms with E-state index in [1.54, 1.807) is 6.21 Å². The number of nitrogens with zero attached hydrogens (tertiary/aromatic N) is 3. The van der Waals surface area contributed by atoms with E-state index in [0.29, 0.717) is 5.56 Å². The first kappa shape index (κ1) is 37.9. The predicted octanol–water partition coefficient (Wildman–Crippen LogP) is 14.3. The number of aromatic hydroxyl groups is 1. The largest absolute Gasteiger partial charge is 0.506 e. The number of aromatic nitrogens is 4. The molecule has 0 aliphatic carbocycles. The molecule has 8 aromatic rings. The number of nitrogens with one attached hydrogen (secondary N) is 2. The van der Waals surface area contributed by atoms with Crippen LogP contribution >= 0.6 is 45.2 Å². The van der Waals surface area contributed by atoms with Crippen LogP contribution in [0.4, 0.5) is 5.69 Å². The summed E-state index contributed by atoms with van der Waals surface area (Å²) in [5.41, 5.74) is 17.9. The minimum atomic E-state index is 0.244. The predicted molar refractivity (Wildman–Crippen MR) is 266 cm³/mol. The first-order chi connectivity index (χ1) is 29.4. The summed E-state index contributed by atoms with van der Waals surface area (Å²) in [6, 6.07) is 50.1. The second-order valence-electron chi connectivity index (χ2n) is 14.6. The minimum absolute atomic E-state index is 0.244. The molecule has 6 nitrogen and oxygen atoms in total. The summed E-state index contributed by atoms with van der Waals surface area (Å²) in [6.45, 7) is 2.01. The minimum Gasteiger partial charge on any atom is -0.506 e. The average molecular weight is 1000 g/mol. The van der Waals surface area contributed by atoms with E-state index in [-0.39, 0.29) is 5.75 Å². The van der Waals surface area contributed by atoms with Crippen molar-refractivity contribution < 1.29 is 5.11 Å². The van der Waals surface area contributed by atoms with Gasteiger partial charge in [-0.25, -0.2) is 9.97 Å². The fourth-order valence-corrected chi connectivity index (χ4v) is 9.64. The lowest BCUT2D eigenvalue weighted by molar-refractivity contribution is 0.470. The van der Waals surface area contributed by atoms with E-state index in [4.69, 9.17) is 15.0 Å². The van der Waals surface area contributed by atoms with Crippen LogP contribution in [0.25, 0.3) is 90.9 Å². The Morgan fingerprint density at radius 1 is 0.500 bits per heavy atom. The Labute approximate surface area is 374 Å². The van der Waals surface area contributed by atoms with E-state index in [1.165, 1.54) is 0 Å². The van der Waals surface area contributed by atoms with E-state index in [9.17, 15) is 5.11 Å². The van der Waals surface area contributed by atoms with Crippen molar-refractivity contribution in [2.45, 2.75) is 6.92 Å². The third-order valence-corrected chi connectivity index (χ3v) is 13.3. The van der Waals surface area contributed by atoms with Crippen LogP contribution in [0.15, 0.2) is 151 Å². The van der Waals surface area contributed by atoms with Gasteiger partial charge >= 0.3 is 0 Å². The number of hydrogen-bond acceptors (Lipinski definition) is 4. The Balaban J connectivity index is 1.25. The Hall–Kier alpha value is -6.37. The lowest BCUT2D eigenvalue weighted by Gasteiger charge is -2.08. The van der Waals surface area contributed by atoms with E-state index < -0.39 is 0 Å². The fraction of sp³-hybridized carbons (Fsp3) is 0.0192. The van der Waals surface area contributed by atoms with Gasteiger partial charge in [0.15, 0.2) is 0 Å². The van der Waals surface area contributed by atoms with Gasteiger partial charge < -0.3 is 15.1 Å². The van der Waals surface area contributed by atoms with Gasteiger partial charge in [-0.15, -0.1) is 0 Å². The molecule has 5 heterocycles. The molecule has 3 N–H and O–H groups in total. The van der Waals surface area contributed by atoms with Crippen LogP contribution in [0.2, 0.25) is 0 Å². The Bertz CT molecular complexity index is 3180. The van der Waals surface area contributed by atoms with Crippen LogP contribution in [0.1, 0.15) is 33.9 Å². The van der Waals surface area contributed by atoms with Crippen LogP contribution < -0.4 is 0 Å². The van der Waals surface area contributed by atoms with Gasteiger partial charge in [0, 0.05) is 59.7 Å². The highest BCUT2D eigenvalue weighted by Gasteiger charge is 2.19. The topological polar surface area (TPSA) is 90.0 Å². The second-order valence-corrected chi connectivity index (χ2v) is 16.9. The Kier molecular flexibility index (Phi) is 10.1. The maximum absolute atomic E-state index is 10.8. The molecule has 0 spiro atoms. The third kappa shape index (κ3) is 7.09. The number of aliphatic imine (C=N–C) groups is 1. The number of benzene rings is 5. The monoisotopic (exact) mass is 999 g/mol. The zero-order chi connectivity index (χ0) is 40.7. The van der Waals surface area contributed by atoms with Gasteiger partial charge in [-0.05, 0) is 147 Å². The van der Waals surface area contributed by atoms with Gasteiger partial charge in [0.1, 0.15) is 5.75 Å². The summed E-state index contributed by atoms with van der Waals surface area (Å²) in [5, 5.41) is 10.8. The quantitative estimate of drug-likeness (QED) is 0.115. The number of hydrogen-bond donors (Lipinski definition) is 3. The molecule has 0 saturated carbocycles. The molecule has 0 atom stereocenters. The smallest absolute Gasteiger partial charge is 0.138 e. The molecule has 0 unspecified atom stereocenters. The normalized spacial score (nSPS) is 12.1. The summed E-state index contributed by atoms with van der Waals surface area (Å²) < 4.78 is 1.92. The molecule has 288 valence electrons. The average Bonchev–Trinajstić information content (AvgIpc) is 4.14. The first-order valence-electron chi connectivity index (χ1n) is 19.5. The number of H-pyrrole nitrogens is 2. The maximum atomic E-state index is 10.8. The van der Waals surface area contributed by atoms with E-state index in [1.807, 2.05) is 43.3 Å². The molecule has 0 amide bonds. The molecule has 8 bridgehead atoms. The van der Waals surface area contributed by atoms with Crippen LogP contribution in [-0.4, -0.2) is 31.3 Å². The maximum Gasteiger partial charge on any atom is 0.138 e. The van der Waals surface area contributed by atoms with Crippen molar-refractivity contribution in [1.29, 1.82) is 0 Å². The molecule has 0 fully saturated rings. The SMILES string of the molecule is Cc1c(I)cc(C=Nc2ccc(-c3c4nc(c(-c5ccccc5)c5ccc([nH]5)c(-c5ccccc5)c5nc(c(-c6ccccc6)c6ccc3[nH]6)C=C5)C=C4)cc2)c(O)c1I. The molecular weight excluding hydrogens is 964 g/mol. The lowest BCUT2D eigenvalue weighted by atomic mass is 10.0. The van der Waals surface area contributed by atoms with Gasteiger partial charge in [0.25, 0.3) is 0 Å². The number of phenols is 1. The highest BCUT2D eigenvalue weighted by atomic mass is 127. The van der Waals surface area contributed by atoms with E-state index >= 15 is 0 Å². The van der Waals surface area contributed by atoms with E-state index in [2.05, 4.69) is 189 Å². The molecule has 5 aromatic carbocycles. The van der Waals surface area contributed by atoms with Crippen molar-refractivity contribution in [3.63, 3.8) is 0 Å². The first-order valence-corrected chi connectivity index (χ1v) is 21.7. The van der Waals surface area contributed by atoms with Crippen LogP contribution in [-0.2, 0) is 0 Å². The molecule has 0 radical (unpaired) electrons. The summed E-state index contributed by atoms with van der Waals surface area (Å²) in [5.74, 6) is 0.244. The molecule has 2 aliphatic rings. The number of phenolic OH excluding ortho intramolecular Hbond substituents is 1. The molecule has 0 saturated heterocycles. The van der Waals surface area contributed by atoms with Crippen molar-refractivity contribution in [1.82, 2.24) is 19.9 Å². The zero-order valence-electron chi connectivity index (χ0n) is 32.3. The van der Waals surface area contributed by atoms with Crippen molar-refractivity contribution in [3.05, 3.63) is 187 Å². The molecule has 60 heavy (non-hydrogen) atoms. The van der Waals surface area contributed by atoms with Crippen molar-refractivity contribution in [3.8, 4) is 50.3 Å². The molecule has 8 heteroatoms. The fourth-order valence-electron chi connectivity index (χ4n) is 7.91. The number of rotatable bonds is 6. The number of halogens is 2. The van der Waals surface area contributed by atoms with Gasteiger partial charge in [-0.3, -0.25) is 4.99 Å². The van der Waals surface area contributed by atoms with Crippen molar-refractivity contribution in [2.75, 3.05) is 0 Å². The Morgan fingerprint density at radius 2 is 0.867 bits per heavy atom.